The lowest BCUT2D eigenvalue weighted by Crippen LogP contribution is -2.13. The molecule has 1 aromatic heterocycles. The second-order valence-corrected chi connectivity index (χ2v) is 4.40. The Morgan fingerprint density at radius 2 is 2.21 bits per heavy atom. The van der Waals surface area contributed by atoms with E-state index in [-0.39, 0.29) is 5.91 Å². The van der Waals surface area contributed by atoms with Gasteiger partial charge in [0.1, 0.15) is 0 Å². The molecule has 0 aliphatic rings. The van der Waals surface area contributed by atoms with Crippen LogP contribution < -0.4 is 5.32 Å². The minimum Gasteiger partial charge on any atom is -0.380 e. The van der Waals surface area contributed by atoms with E-state index in [1.165, 1.54) is 0 Å². The number of aromatic nitrogens is 2. The molecule has 0 saturated carbocycles. The van der Waals surface area contributed by atoms with Crippen LogP contribution in [0.15, 0.2) is 24.3 Å². The summed E-state index contributed by atoms with van der Waals surface area (Å²) in [6.45, 7) is 4.21. The van der Waals surface area contributed by atoms with Gasteiger partial charge >= 0.3 is 0 Å². The molecular formula is C14H17N3O2. The van der Waals surface area contributed by atoms with Gasteiger partial charge in [-0.3, -0.25) is 9.89 Å². The molecule has 0 aliphatic carbocycles. The number of nitrogens with one attached hydrogen (secondary N) is 2. The Labute approximate surface area is 112 Å². The molecule has 19 heavy (non-hydrogen) atoms. The second kappa shape index (κ2) is 5.67. The van der Waals surface area contributed by atoms with Crippen molar-refractivity contribution in [2.24, 2.45) is 0 Å². The number of nitrogens with zero attached hydrogens (tertiary/aromatic N) is 1. The van der Waals surface area contributed by atoms with E-state index in [0.29, 0.717) is 12.2 Å². The number of rotatable bonds is 4. The van der Waals surface area contributed by atoms with Crippen LogP contribution in [-0.2, 0) is 11.3 Å². The fraction of sp³-hybridized carbons (Fsp3) is 0.286. The number of ether oxygens (including phenoxy) is 1. The number of hydrogen-bond donors (Lipinski definition) is 2. The number of aromatic amines is 1. The largest absolute Gasteiger partial charge is 0.380 e. The lowest BCUT2D eigenvalue weighted by atomic mass is 10.1. The maximum atomic E-state index is 12.2. The highest BCUT2D eigenvalue weighted by Crippen LogP contribution is 2.17. The van der Waals surface area contributed by atoms with E-state index in [1.807, 2.05) is 32.0 Å². The molecule has 5 heteroatoms. The average molecular weight is 259 g/mol. The summed E-state index contributed by atoms with van der Waals surface area (Å²) >= 11 is 0. The highest BCUT2D eigenvalue weighted by molar-refractivity contribution is 6.04. The summed E-state index contributed by atoms with van der Waals surface area (Å²) in [4.78, 5) is 12.2. The quantitative estimate of drug-likeness (QED) is 0.886. The molecular weight excluding hydrogens is 242 g/mol. The molecule has 0 atom stereocenters. The molecule has 0 spiro atoms. The lowest BCUT2D eigenvalue weighted by Gasteiger charge is -2.07. The molecule has 0 saturated heterocycles. The highest BCUT2D eigenvalue weighted by atomic mass is 16.5. The third kappa shape index (κ3) is 3.00. The number of carbonyl (C=O) groups is 1. The number of carbonyl (C=O) groups excluding carboxylic acids is 1. The van der Waals surface area contributed by atoms with Crippen molar-refractivity contribution in [2.75, 3.05) is 12.4 Å². The first-order valence-electron chi connectivity index (χ1n) is 6.02. The highest BCUT2D eigenvalue weighted by Gasteiger charge is 2.12. The number of amides is 1. The maximum absolute atomic E-state index is 12.2. The first-order chi connectivity index (χ1) is 9.11. The molecule has 0 aliphatic heterocycles. The van der Waals surface area contributed by atoms with Gasteiger partial charge in [-0.05, 0) is 31.5 Å². The first-order valence-corrected chi connectivity index (χ1v) is 6.02. The van der Waals surface area contributed by atoms with Crippen molar-refractivity contribution in [3.05, 3.63) is 46.8 Å². The monoisotopic (exact) mass is 259 g/mol. The number of anilines is 1. The van der Waals surface area contributed by atoms with Gasteiger partial charge in [-0.1, -0.05) is 12.1 Å². The maximum Gasteiger partial charge on any atom is 0.255 e. The van der Waals surface area contributed by atoms with Gasteiger partial charge in [0.05, 0.1) is 23.7 Å². The minimum absolute atomic E-state index is 0.148. The summed E-state index contributed by atoms with van der Waals surface area (Å²) < 4.78 is 5.06. The average Bonchev–Trinajstić information content (AvgIpc) is 2.71. The van der Waals surface area contributed by atoms with Crippen molar-refractivity contribution in [3.8, 4) is 0 Å². The predicted molar refractivity (Wildman–Crippen MR) is 73.2 cm³/mol. The second-order valence-electron chi connectivity index (χ2n) is 4.40. The summed E-state index contributed by atoms with van der Waals surface area (Å²) in [6.07, 6.45) is 0. The van der Waals surface area contributed by atoms with Gasteiger partial charge in [-0.25, -0.2) is 0 Å². The van der Waals surface area contributed by atoms with Crippen LogP contribution in [0, 0.1) is 13.8 Å². The smallest absolute Gasteiger partial charge is 0.255 e. The van der Waals surface area contributed by atoms with Gasteiger partial charge < -0.3 is 10.1 Å². The number of methoxy groups -OCH3 is 1. The van der Waals surface area contributed by atoms with Gasteiger partial charge in [0.25, 0.3) is 5.91 Å². The topological polar surface area (TPSA) is 67.0 Å². The van der Waals surface area contributed by atoms with Crippen LogP contribution in [-0.4, -0.2) is 23.2 Å². The normalized spacial score (nSPS) is 10.5. The Kier molecular flexibility index (Phi) is 3.97. The van der Waals surface area contributed by atoms with Gasteiger partial charge in [0.2, 0.25) is 0 Å². The Morgan fingerprint density at radius 3 is 2.84 bits per heavy atom. The Hall–Kier alpha value is -2.14. The molecule has 100 valence electrons. The zero-order chi connectivity index (χ0) is 13.8. The predicted octanol–water partition coefficient (Wildman–Crippen LogP) is 2.43. The van der Waals surface area contributed by atoms with E-state index in [0.717, 1.165) is 22.6 Å². The molecule has 1 heterocycles. The minimum atomic E-state index is -0.148. The van der Waals surface area contributed by atoms with E-state index in [2.05, 4.69) is 15.5 Å². The summed E-state index contributed by atoms with van der Waals surface area (Å²) in [7, 11) is 1.63. The summed E-state index contributed by atoms with van der Waals surface area (Å²) in [5.41, 5.74) is 3.94. The van der Waals surface area contributed by atoms with Crippen molar-refractivity contribution >= 4 is 11.6 Å². The molecule has 0 fully saturated rings. The van der Waals surface area contributed by atoms with Crippen LogP contribution in [0.5, 0.6) is 0 Å². The van der Waals surface area contributed by atoms with E-state index < -0.39 is 0 Å². The van der Waals surface area contributed by atoms with Gasteiger partial charge in [-0.2, -0.15) is 5.10 Å². The molecule has 0 radical (unpaired) electrons. The SMILES string of the molecule is COCc1cccc(C(=O)Nc2c(C)n[nH]c2C)c1. The Balaban J connectivity index is 2.18. The van der Waals surface area contributed by atoms with Crippen molar-refractivity contribution in [3.63, 3.8) is 0 Å². The van der Waals surface area contributed by atoms with E-state index in [1.54, 1.807) is 13.2 Å². The van der Waals surface area contributed by atoms with Gasteiger partial charge in [0.15, 0.2) is 0 Å². The van der Waals surface area contributed by atoms with Gasteiger partial charge in [0, 0.05) is 12.7 Å². The molecule has 0 unspecified atom stereocenters. The van der Waals surface area contributed by atoms with Crippen LogP contribution in [0.2, 0.25) is 0 Å². The summed E-state index contributed by atoms with van der Waals surface area (Å²) in [6, 6.07) is 7.37. The Bertz CT molecular complexity index is 571. The van der Waals surface area contributed by atoms with Crippen LogP contribution in [0.3, 0.4) is 0 Å². The third-order valence-corrected chi connectivity index (χ3v) is 2.87. The van der Waals surface area contributed by atoms with E-state index in [4.69, 9.17) is 4.74 Å². The van der Waals surface area contributed by atoms with Crippen LogP contribution in [0.1, 0.15) is 27.3 Å². The molecule has 5 nitrogen and oxygen atoms in total. The molecule has 2 aromatic rings. The molecule has 2 rings (SSSR count). The fourth-order valence-electron chi connectivity index (χ4n) is 1.89. The summed E-state index contributed by atoms with van der Waals surface area (Å²) in [5, 5.41) is 9.76. The Morgan fingerprint density at radius 1 is 1.42 bits per heavy atom. The standard InChI is InChI=1S/C14H17N3O2/c1-9-13(10(2)17-16-9)15-14(18)12-6-4-5-11(7-12)8-19-3/h4-7H,8H2,1-3H3,(H,15,18)(H,16,17). The van der Waals surface area contributed by atoms with Crippen LogP contribution in [0.25, 0.3) is 0 Å². The van der Waals surface area contributed by atoms with Crippen molar-refractivity contribution in [1.29, 1.82) is 0 Å². The molecule has 1 amide bonds. The number of benzene rings is 1. The number of hydrogen-bond acceptors (Lipinski definition) is 3. The zero-order valence-corrected chi connectivity index (χ0v) is 11.3. The van der Waals surface area contributed by atoms with E-state index in [9.17, 15) is 4.79 Å². The van der Waals surface area contributed by atoms with E-state index >= 15 is 0 Å². The molecule has 0 bridgehead atoms. The number of aryl methyl sites for hydroxylation is 2. The number of H-pyrrole nitrogens is 1. The molecule has 1 aromatic carbocycles. The van der Waals surface area contributed by atoms with Crippen molar-refractivity contribution < 1.29 is 9.53 Å². The van der Waals surface area contributed by atoms with Gasteiger partial charge in [-0.15, -0.1) is 0 Å². The fourth-order valence-corrected chi connectivity index (χ4v) is 1.89. The molecule has 2 N–H and O–H groups in total. The first kappa shape index (κ1) is 13.3. The summed E-state index contributed by atoms with van der Waals surface area (Å²) in [5.74, 6) is -0.148. The lowest BCUT2D eigenvalue weighted by molar-refractivity contribution is 0.102. The van der Waals surface area contributed by atoms with Crippen LogP contribution >= 0.6 is 0 Å². The van der Waals surface area contributed by atoms with Crippen LogP contribution in [0.4, 0.5) is 5.69 Å². The third-order valence-electron chi connectivity index (χ3n) is 2.87. The van der Waals surface area contributed by atoms with Crippen molar-refractivity contribution in [1.82, 2.24) is 10.2 Å². The zero-order valence-electron chi connectivity index (χ0n) is 11.3. The van der Waals surface area contributed by atoms with Crippen molar-refractivity contribution in [2.45, 2.75) is 20.5 Å².